The number of hydrogen-bond acceptors (Lipinski definition) is 7. The molecule has 32 heavy (non-hydrogen) atoms. The molecule has 0 saturated heterocycles. The highest BCUT2D eigenvalue weighted by molar-refractivity contribution is 6.37. The van der Waals surface area contributed by atoms with Crippen LogP contribution >= 0.6 is 23.2 Å². The van der Waals surface area contributed by atoms with E-state index in [1.165, 1.54) is 19.2 Å². The monoisotopic (exact) mass is 475 g/mol. The van der Waals surface area contributed by atoms with E-state index in [1.807, 2.05) is 4.98 Å². The first-order valence-electron chi connectivity index (χ1n) is 8.77. The summed E-state index contributed by atoms with van der Waals surface area (Å²) in [5, 5.41) is 17.4. The number of rotatable bonds is 4. The maximum Gasteiger partial charge on any atom is 0.362 e. The molecule has 0 unspecified atom stereocenters. The fourth-order valence-electron chi connectivity index (χ4n) is 2.92. The van der Waals surface area contributed by atoms with Gasteiger partial charge in [0.25, 0.3) is 11.1 Å². The molecule has 0 amide bonds. The van der Waals surface area contributed by atoms with Crippen LogP contribution in [0.2, 0.25) is 10.0 Å². The molecule has 0 spiro atoms. The van der Waals surface area contributed by atoms with Crippen LogP contribution < -0.4 is 21.5 Å². The topological polar surface area (TPSA) is 149 Å². The van der Waals surface area contributed by atoms with Crippen molar-refractivity contribution in [1.82, 2.24) is 24.5 Å². The van der Waals surface area contributed by atoms with Crippen LogP contribution in [0, 0.1) is 0 Å². The fraction of sp³-hybridized carbons (Fsp3) is 0.0526. The molecular weight excluding hydrogens is 465 g/mol. The van der Waals surface area contributed by atoms with Crippen molar-refractivity contribution in [2.75, 3.05) is 0 Å². The maximum atomic E-state index is 12.3. The smallest absolute Gasteiger partial charge is 0.362 e. The van der Waals surface area contributed by atoms with Crippen LogP contribution in [0.1, 0.15) is 10.5 Å². The lowest BCUT2D eigenvalue weighted by Gasteiger charge is -2.13. The largest absolute Gasteiger partial charge is 0.476 e. The molecule has 11 nitrogen and oxygen atoms in total. The van der Waals surface area contributed by atoms with Crippen molar-refractivity contribution in [1.29, 1.82) is 0 Å². The Balaban J connectivity index is 1.84. The normalized spacial score (nSPS) is 11.0. The summed E-state index contributed by atoms with van der Waals surface area (Å²) in [6.45, 7) is 0. The Labute approximate surface area is 187 Å². The van der Waals surface area contributed by atoms with Gasteiger partial charge in [0.2, 0.25) is 11.6 Å². The molecule has 0 radical (unpaired) electrons. The molecule has 0 aliphatic heterocycles. The van der Waals surface area contributed by atoms with E-state index in [0.29, 0.717) is 15.5 Å². The van der Waals surface area contributed by atoms with Gasteiger partial charge < -0.3 is 9.84 Å². The molecule has 2 aromatic heterocycles. The third-order valence-corrected chi connectivity index (χ3v) is 4.94. The molecule has 2 N–H and O–H groups in total. The number of carboxylic acid groups (broad SMARTS) is 1. The van der Waals surface area contributed by atoms with Gasteiger partial charge in [-0.15, -0.1) is 5.10 Å². The van der Waals surface area contributed by atoms with Gasteiger partial charge >= 0.3 is 11.7 Å². The van der Waals surface area contributed by atoms with Crippen LogP contribution in [0.5, 0.6) is 11.6 Å². The van der Waals surface area contributed by atoms with E-state index < -0.39 is 22.9 Å². The van der Waals surface area contributed by atoms with Crippen molar-refractivity contribution in [3.63, 3.8) is 0 Å². The number of nitrogens with one attached hydrogen (secondary N) is 1. The number of aromatic carboxylic acids is 1. The van der Waals surface area contributed by atoms with E-state index in [0.717, 1.165) is 4.68 Å². The van der Waals surface area contributed by atoms with Gasteiger partial charge in [0, 0.05) is 7.05 Å². The maximum absolute atomic E-state index is 12.3. The number of carbonyl (C=O) groups is 1. The van der Waals surface area contributed by atoms with Gasteiger partial charge in [-0.25, -0.2) is 14.3 Å². The molecule has 0 bridgehead atoms. The SMILES string of the molecule is Cn1nc(Oc2c(Cl)cc(-n3nc(C(=O)O)c(=O)[nH]c3=O)cc2Cl)c2ccccc2c1=O. The average Bonchev–Trinajstić information content (AvgIpc) is 2.73. The van der Waals surface area contributed by atoms with Crippen molar-refractivity contribution >= 4 is 39.9 Å². The Morgan fingerprint density at radius 1 is 1.06 bits per heavy atom. The zero-order valence-corrected chi connectivity index (χ0v) is 17.5. The second-order valence-corrected chi connectivity index (χ2v) is 7.26. The second-order valence-electron chi connectivity index (χ2n) is 6.44. The Bertz CT molecular complexity index is 1570. The van der Waals surface area contributed by atoms with Crippen LogP contribution in [0.15, 0.2) is 50.8 Å². The Hall–Kier alpha value is -3.96. The summed E-state index contributed by atoms with van der Waals surface area (Å²) in [4.78, 5) is 49.0. The molecule has 2 heterocycles. The third-order valence-electron chi connectivity index (χ3n) is 4.38. The van der Waals surface area contributed by atoms with Gasteiger partial charge in [-0.1, -0.05) is 35.3 Å². The molecule has 4 rings (SSSR count). The molecular formula is C19H11Cl2N5O6. The highest BCUT2D eigenvalue weighted by Gasteiger charge is 2.19. The van der Waals surface area contributed by atoms with Crippen molar-refractivity contribution in [3.05, 3.63) is 83.3 Å². The summed E-state index contributed by atoms with van der Waals surface area (Å²) in [7, 11) is 1.46. The number of aromatic nitrogens is 5. The van der Waals surface area contributed by atoms with Crippen LogP contribution in [-0.2, 0) is 7.05 Å². The summed E-state index contributed by atoms with van der Waals surface area (Å²) in [5.41, 5.74) is -3.37. The highest BCUT2D eigenvalue weighted by atomic mass is 35.5. The second kappa shape index (κ2) is 7.94. The summed E-state index contributed by atoms with van der Waals surface area (Å²) < 4.78 is 7.53. The number of hydrogen-bond donors (Lipinski definition) is 2. The van der Waals surface area contributed by atoms with Gasteiger partial charge in [-0.05, 0) is 24.3 Å². The number of H-pyrrole nitrogens is 1. The summed E-state index contributed by atoms with van der Waals surface area (Å²) in [6, 6.07) is 9.15. The molecule has 162 valence electrons. The standard InChI is InChI=1S/C19H11Cl2N5O6/c1-25-17(28)10-5-3-2-4-9(10)16(24-25)32-14-11(20)6-8(7-12(14)21)26-19(31)22-15(27)13(23-26)18(29)30/h2-7H,1H3,(H,29,30)(H,22,27,31). The predicted octanol–water partition coefficient (Wildman–Crippen LogP) is 1.96. The van der Waals surface area contributed by atoms with Gasteiger partial charge in [0.1, 0.15) is 0 Å². The fourth-order valence-corrected chi connectivity index (χ4v) is 3.47. The van der Waals surface area contributed by atoms with Crippen molar-refractivity contribution in [3.8, 4) is 17.3 Å². The average molecular weight is 476 g/mol. The number of ether oxygens (including phenoxy) is 1. The molecule has 0 fully saturated rings. The minimum absolute atomic E-state index is 0.0191. The van der Waals surface area contributed by atoms with E-state index >= 15 is 0 Å². The quantitative estimate of drug-likeness (QED) is 0.454. The highest BCUT2D eigenvalue weighted by Crippen LogP contribution is 2.38. The minimum Gasteiger partial charge on any atom is -0.476 e. The predicted molar refractivity (Wildman–Crippen MR) is 114 cm³/mol. The zero-order chi connectivity index (χ0) is 23.2. The van der Waals surface area contributed by atoms with Crippen LogP contribution in [0.3, 0.4) is 0 Å². The van der Waals surface area contributed by atoms with Crippen LogP contribution in [0.4, 0.5) is 0 Å². The first-order chi connectivity index (χ1) is 15.2. The molecule has 0 aliphatic rings. The Morgan fingerprint density at radius 3 is 2.31 bits per heavy atom. The molecule has 13 heteroatoms. The number of benzene rings is 2. The van der Waals surface area contributed by atoms with E-state index in [2.05, 4.69) is 10.2 Å². The first-order valence-corrected chi connectivity index (χ1v) is 9.53. The third kappa shape index (κ3) is 3.63. The van der Waals surface area contributed by atoms with E-state index in [-0.39, 0.29) is 32.9 Å². The van der Waals surface area contributed by atoms with E-state index in [4.69, 9.17) is 33.0 Å². The van der Waals surface area contributed by atoms with Crippen molar-refractivity contribution < 1.29 is 14.6 Å². The summed E-state index contributed by atoms with van der Waals surface area (Å²) in [6.07, 6.45) is 0. The molecule has 2 aromatic carbocycles. The Kier molecular flexibility index (Phi) is 5.28. The van der Waals surface area contributed by atoms with Gasteiger partial charge in [0.15, 0.2) is 5.75 Å². The minimum atomic E-state index is -1.62. The molecule has 0 saturated carbocycles. The zero-order valence-electron chi connectivity index (χ0n) is 16.0. The van der Waals surface area contributed by atoms with Gasteiger partial charge in [-0.2, -0.15) is 9.78 Å². The van der Waals surface area contributed by atoms with E-state index in [9.17, 15) is 19.2 Å². The Morgan fingerprint density at radius 2 is 1.69 bits per heavy atom. The molecule has 4 aromatic rings. The summed E-state index contributed by atoms with van der Waals surface area (Å²) in [5.74, 6) is -1.58. The lowest BCUT2D eigenvalue weighted by molar-refractivity contribution is 0.0685. The number of fused-ring (bicyclic) bond motifs is 1. The number of carboxylic acids is 1. The number of aryl methyl sites for hydroxylation is 1. The lowest BCUT2D eigenvalue weighted by atomic mass is 10.2. The number of nitrogens with zero attached hydrogens (tertiary/aromatic N) is 4. The molecule has 0 aliphatic carbocycles. The van der Waals surface area contributed by atoms with Gasteiger partial charge in [-0.3, -0.25) is 14.6 Å². The molecule has 0 atom stereocenters. The lowest BCUT2D eigenvalue weighted by Crippen LogP contribution is -2.35. The van der Waals surface area contributed by atoms with Crippen molar-refractivity contribution in [2.24, 2.45) is 7.05 Å². The number of halogens is 2. The summed E-state index contributed by atoms with van der Waals surface area (Å²) >= 11 is 12.6. The van der Waals surface area contributed by atoms with Crippen LogP contribution in [0.25, 0.3) is 16.5 Å². The first kappa shape index (κ1) is 21.3. The van der Waals surface area contributed by atoms with Crippen molar-refractivity contribution in [2.45, 2.75) is 0 Å². The van der Waals surface area contributed by atoms with Gasteiger partial charge in [0.05, 0.1) is 26.5 Å². The number of aromatic amines is 1. The van der Waals surface area contributed by atoms with E-state index in [1.54, 1.807) is 24.3 Å². The van der Waals surface area contributed by atoms with Crippen LogP contribution in [-0.4, -0.2) is 35.6 Å².